The van der Waals surface area contributed by atoms with Gasteiger partial charge in [-0.15, -0.1) is 0 Å². The second-order valence-electron chi connectivity index (χ2n) is 12.1. The lowest BCUT2D eigenvalue weighted by Gasteiger charge is -2.25. The summed E-state index contributed by atoms with van der Waals surface area (Å²) in [6, 6.07) is 48.5. The molecular formula is C41H28O. The fourth-order valence-corrected chi connectivity index (χ4v) is 7.61. The molecule has 0 saturated heterocycles. The largest absolute Gasteiger partial charge is 0.455 e. The lowest BCUT2D eigenvalue weighted by atomic mass is 9.77. The van der Waals surface area contributed by atoms with Gasteiger partial charge >= 0.3 is 0 Å². The third-order valence-corrected chi connectivity index (χ3v) is 9.43. The molecule has 1 aliphatic rings. The summed E-state index contributed by atoms with van der Waals surface area (Å²) in [4.78, 5) is 0. The molecule has 1 nitrogen and oxygen atoms in total. The maximum absolute atomic E-state index is 6.85. The van der Waals surface area contributed by atoms with Gasteiger partial charge in [0.25, 0.3) is 0 Å². The monoisotopic (exact) mass is 536 g/mol. The highest BCUT2D eigenvalue weighted by atomic mass is 16.3. The first-order valence-electron chi connectivity index (χ1n) is 14.7. The van der Waals surface area contributed by atoms with E-state index in [9.17, 15) is 0 Å². The molecule has 0 amide bonds. The van der Waals surface area contributed by atoms with Crippen LogP contribution in [0.25, 0.3) is 76.9 Å². The molecule has 1 heteroatoms. The molecule has 8 aromatic rings. The zero-order valence-electron chi connectivity index (χ0n) is 23.6. The summed E-state index contributed by atoms with van der Waals surface area (Å²) in [7, 11) is 0. The molecule has 9 rings (SSSR count). The number of hydrogen-bond acceptors (Lipinski definition) is 1. The van der Waals surface area contributed by atoms with Crippen LogP contribution < -0.4 is 0 Å². The van der Waals surface area contributed by atoms with E-state index in [1.807, 2.05) is 0 Å². The Morgan fingerprint density at radius 2 is 1.14 bits per heavy atom. The quantitative estimate of drug-likeness (QED) is 0.214. The van der Waals surface area contributed by atoms with Gasteiger partial charge in [-0.1, -0.05) is 135 Å². The van der Waals surface area contributed by atoms with Crippen molar-refractivity contribution in [2.24, 2.45) is 0 Å². The summed E-state index contributed by atoms with van der Waals surface area (Å²) in [5.74, 6) is 0. The van der Waals surface area contributed by atoms with Crippen LogP contribution in [0, 0.1) is 0 Å². The van der Waals surface area contributed by atoms with Gasteiger partial charge < -0.3 is 4.42 Å². The molecule has 0 aliphatic heterocycles. The Morgan fingerprint density at radius 1 is 0.500 bits per heavy atom. The Bertz CT molecular complexity index is 2380. The highest BCUT2D eigenvalue weighted by Crippen LogP contribution is 2.55. The first-order chi connectivity index (χ1) is 20.6. The van der Waals surface area contributed by atoms with E-state index in [0.29, 0.717) is 0 Å². The zero-order valence-corrected chi connectivity index (χ0v) is 23.6. The minimum atomic E-state index is -0.132. The van der Waals surface area contributed by atoms with Crippen LogP contribution in [0.5, 0.6) is 0 Å². The number of rotatable bonds is 2. The van der Waals surface area contributed by atoms with Gasteiger partial charge in [0.2, 0.25) is 0 Å². The number of hydrogen-bond donors (Lipinski definition) is 0. The predicted molar refractivity (Wildman–Crippen MR) is 177 cm³/mol. The van der Waals surface area contributed by atoms with E-state index in [0.717, 1.165) is 22.1 Å². The molecule has 0 fully saturated rings. The lowest BCUT2D eigenvalue weighted by molar-refractivity contribution is 0.662. The van der Waals surface area contributed by atoms with Crippen LogP contribution in [0.3, 0.4) is 0 Å². The average molecular weight is 537 g/mol. The van der Waals surface area contributed by atoms with Crippen LogP contribution in [-0.4, -0.2) is 0 Å². The second kappa shape index (κ2) is 8.44. The van der Waals surface area contributed by atoms with E-state index < -0.39 is 0 Å². The van der Waals surface area contributed by atoms with Gasteiger partial charge in [-0.25, -0.2) is 0 Å². The Morgan fingerprint density at radius 3 is 2.00 bits per heavy atom. The third kappa shape index (κ3) is 3.08. The van der Waals surface area contributed by atoms with Crippen LogP contribution in [0.4, 0.5) is 0 Å². The first-order valence-corrected chi connectivity index (χ1v) is 14.7. The van der Waals surface area contributed by atoms with Crippen LogP contribution >= 0.6 is 0 Å². The van der Waals surface area contributed by atoms with Crippen molar-refractivity contribution in [1.82, 2.24) is 0 Å². The summed E-state index contributed by atoms with van der Waals surface area (Å²) in [6.45, 7) is 4.74. The molecule has 0 bridgehead atoms. The van der Waals surface area contributed by atoms with Crippen molar-refractivity contribution in [3.63, 3.8) is 0 Å². The van der Waals surface area contributed by atoms with Crippen LogP contribution in [0.2, 0.25) is 0 Å². The third-order valence-electron chi connectivity index (χ3n) is 9.43. The average Bonchev–Trinajstić information content (AvgIpc) is 3.52. The lowest BCUT2D eigenvalue weighted by Crippen LogP contribution is -2.16. The van der Waals surface area contributed by atoms with Crippen LogP contribution in [0.15, 0.2) is 138 Å². The number of benzene rings is 7. The fourth-order valence-electron chi connectivity index (χ4n) is 7.61. The van der Waals surface area contributed by atoms with Crippen molar-refractivity contribution in [3.05, 3.63) is 145 Å². The van der Waals surface area contributed by atoms with E-state index in [1.54, 1.807) is 0 Å². The zero-order chi connectivity index (χ0) is 28.0. The van der Waals surface area contributed by atoms with Crippen LogP contribution in [-0.2, 0) is 5.41 Å². The minimum Gasteiger partial charge on any atom is -0.455 e. The van der Waals surface area contributed by atoms with Gasteiger partial charge in [-0.2, -0.15) is 0 Å². The molecule has 0 saturated carbocycles. The van der Waals surface area contributed by atoms with Gasteiger partial charge in [0.1, 0.15) is 11.2 Å². The van der Waals surface area contributed by atoms with E-state index in [2.05, 4.69) is 147 Å². The molecule has 1 aliphatic carbocycles. The molecule has 0 spiro atoms. The molecule has 0 atom stereocenters. The summed E-state index contributed by atoms with van der Waals surface area (Å²) >= 11 is 0. The Kier molecular flexibility index (Phi) is 4.73. The van der Waals surface area contributed by atoms with Crippen molar-refractivity contribution >= 4 is 43.5 Å². The standard InChI is InChI=1S/C41H28O/c1-41(2)34-20-9-7-14-28(34)31-18-11-19-33(39(31)41)37-30-16-6-5-15-29(30)36(27-23-22-25-12-3-4-13-26(25)24-27)40-38(37)32-17-8-10-21-35(32)42-40/h3-24H,1-2H3. The topological polar surface area (TPSA) is 13.1 Å². The number of fused-ring (bicyclic) bond motifs is 8. The van der Waals surface area contributed by atoms with Gasteiger partial charge in [0.15, 0.2) is 0 Å². The maximum Gasteiger partial charge on any atom is 0.144 e. The number of para-hydroxylation sites is 1. The first kappa shape index (κ1) is 23.6. The molecule has 0 radical (unpaired) electrons. The van der Waals surface area contributed by atoms with Crippen molar-refractivity contribution in [2.75, 3.05) is 0 Å². The molecular weight excluding hydrogens is 508 g/mol. The summed E-state index contributed by atoms with van der Waals surface area (Å²) in [6.07, 6.45) is 0. The summed E-state index contributed by atoms with van der Waals surface area (Å²) < 4.78 is 6.85. The van der Waals surface area contributed by atoms with Crippen LogP contribution in [0.1, 0.15) is 25.0 Å². The van der Waals surface area contributed by atoms with Crippen molar-refractivity contribution < 1.29 is 4.42 Å². The fraction of sp³-hybridized carbons (Fsp3) is 0.0732. The summed E-state index contributed by atoms with van der Waals surface area (Å²) in [5.41, 5.74) is 12.0. The Labute approximate surface area is 244 Å². The van der Waals surface area contributed by atoms with Crippen molar-refractivity contribution in [1.29, 1.82) is 0 Å². The normalized spacial score (nSPS) is 13.7. The van der Waals surface area contributed by atoms with E-state index in [1.165, 1.54) is 65.9 Å². The van der Waals surface area contributed by atoms with E-state index >= 15 is 0 Å². The number of furan rings is 1. The summed E-state index contributed by atoms with van der Waals surface area (Å²) in [5, 5.41) is 7.27. The van der Waals surface area contributed by atoms with Crippen molar-refractivity contribution in [3.8, 4) is 33.4 Å². The van der Waals surface area contributed by atoms with Gasteiger partial charge in [0, 0.05) is 27.3 Å². The molecule has 7 aromatic carbocycles. The van der Waals surface area contributed by atoms with Gasteiger partial charge in [-0.3, -0.25) is 0 Å². The van der Waals surface area contributed by atoms with Gasteiger partial charge in [-0.05, 0) is 67.1 Å². The molecule has 1 heterocycles. The SMILES string of the molecule is CC1(C)c2ccccc2-c2cccc(-c3c4ccccc4c(-c4ccc5ccccc5c4)c4oc5ccccc5c34)c21. The smallest absolute Gasteiger partial charge is 0.144 e. The minimum absolute atomic E-state index is 0.132. The van der Waals surface area contributed by atoms with Gasteiger partial charge in [0.05, 0.1) is 0 Å². The second-order valence-corrected chi connectivity index (χ2v) is 12.1. The molecule has 0 N–H and O–H groups in total. The predicted octanol–water partition coefficient (Wildman–Crippen LogP) is 11.5. The maximum atomic E-state index is 6.85. The molecule has 42 heavy (non-hydrogen) atoms. The van der Waals surface area contributed by atoms with E-state index in [-0.39, 0.29) is 5.41 Å². The Balaban J connectivity index is 1.47. The van der Waals surface area contributed by atoms with E-state index in [4.69, 9.17) is 4.42 Å². The molecule has 0 unspecified atom stereocenters. The molecule has 198 valence electrons. The Hall–Kier alpha value is -5.14. The molecule has 1 aromatic heterocycles. The van der Waals surface area contributed by atoms with Crippen molar-refractivity contribution in [2.45, 2.75) is 19.3 Å². The highest BCUT2D eigenvalue weighted by Gasteiger charge is 2.38. The highest BCUT2D eigenvalue weighted by molar-refractivity contribution is 6.27.